The van der Waals surface area contributed by atoms with Crippen LogP contribution in [0.15, 0.2) is 73.3 Å². The van der Waals surface area contributed by atoms with Crippen LogP contribution in [-0.2, 0) is 16.0 Å². The highest BCUT2D eigenvalue weighted by Crippen LogP contribution is 2.37. The van der Waals surface area contributed by atoms with Gasteiger partial charge in [-0.15, -0.1) is 0 Å². The average Bonchev–Trinajstić information content (AvgIpc) is 3.38. The molecule has 0 bridgehead atoms. The maximum atomic E-state index is 13.3. The van der Waals surface area contributed by atoms with Crippen molar-refractivity contribution in [2.75, 3.05) is 19.7 Å². The minimum Gasteiger partial charge on any atom is -0.466 e. The molecule has 32 heavy (non-hydrogen) atoms. The number of hydrogen-bond donors (Lipinski definition) is 0. The van der Waals surface area contributed by atoms with E-state index in [1.54, 1.807) is 12.5 Å². The van der Waals surface area contributed by atoms with Gasteiger partial charge in [-0.3, -0.25) is 9.59 Å². The van der Waals surface area contributed by atoms with Gasteiger partial charge in [0.1, 0.15) is 0 Å². The van der Waals surface area contributed by atoms with Crippen LogP contribution in [0.2, 0.25) is 0 Å². The van der Waals surface area contributed by atoms with E-state index in [1.807, 2.05) is 65.1 Å². The van der Waals surface area contributed by atoms with Crippen molar-refractivity contribution in [3.63, 3.8) is 0 Å². The number of benzene rings is 2. The maximum Gasteiger partial charge on any atom is 0.313 e. The quantitative estimate of drug-likeness (QED) is 0.524. The number of aromatic nitrogens is 2. The molecule has 0 saturated carbocycles. The Hall–Kier alpha value is -3.41. The summed E-state index contributed by atoms with van der Waals surface area (Å²) in [5, 5.41) is 0. The van der Waals surface area contributed by atoms with E-state index in [9.17, 15) is 9.59 Å². The van der Waals surface area contributed by atoms with Gasteiger partial charge in [-0.1, -0.05) is 30.3 Å². The van der Waals surface area contributed by atoms with Crippen LogP contribution in [0.1, 0.15) is 42.1 Å². The van der Waals surface area contributed by atoms with Crippen LogP contribution >= 0.6 is 0 Å². The zero-order chi connectivity index (χ0) is 22.4. The molecule has 0 radical (unpaired) electrons. The fourth-order valence-corrected chi connectivity index (χ4v) is 4.46. The molecule has 4 rings (SSSR count). The number of amides is 1. The van der Waals surface area contributed by atoms with Gasteiger partial charge in [-0.05, 0) is 62.4 Å². The van der Waals surface area contributed by atoms with E-state index in [1.165, 1.54) is 5.56 Å². The SMILES string of the molecule is CCOC(=O)[C@]1(CCc2ccccc2)CCCN(C(=O)c2ccc(-n3ccnc3)cc2)C1. The molecule has 1 fully saturated rings. The van der Waals surface area contributed by atoms with Crippen molar-refractivity contribution in [1.29, 1.82) is 0 Å². The van der Waals surface area contributed by atoms with Gasteiger partial charge in [0.05, 0.1) is 18.3 Å². The Balaban J connectivity index is 1.51. The number of esters is 1. The first kappa shape index (κ1) is 21.8. The van der Waals surface area contributed by atoms with E-state index in [4.69, 9.17) is 4.74 Å². The Morgan fingerprint density at radius 2 is 1.88 bits per heavy atom. The smallest absolute Gasteiger partial charge is 0.313 e. The second-order valence-electron chi connectivity index (χ2n) is 8.33. The third-order valence-electron chi connectivity index (χ3n) is 6.22. The molecular formula is C26H29N3O3. The minimum atomic E-state index is -0.670. The summed E-state index contributed by atoms with van der Waals surface area (Å²) in [5.41, 5.74) is 2.09. The van der Waals surface area contributed by atoms with Crippen LogP contribution in [0.25, 0.3) is 5.69 Å². The molecule has 1 aliphatic heterocycles. The highest BCUT2D eigenvalue weighted by atomic mass is 16.5. The van der Waals surface area contributed by atoms with Gasteiger partial charge in [0.2, 0.25) is 0 Å². The number of aryl methyl sites for hydroxylation is 1. The Morgan fingerprint density at radius 1 is 1.09 bits per heavy atom. The Bertz CT molecular complexity index is 1030. The normalized spacial score (nSPS) is 18.3. The van der Waals surface area contributed by atoms with Crippen molar-refractivity contribution < 1.29 is 14.3 Å². The predicted molar refractivity (Wildman–Crippen MR) is 123 cm³/mol. The third kappa shape index (κ3) is 4.74. The summed E-state index contributed by atoms with van der Waals surface area (Å²) in [6.45, 7) is 3.21. The number of likely N-dealkylation sites (tertiary alicyclic amines) is 1. The zero-order valence-corrected chi connectivity index (χ0v) is 18.4. The number of nitrogens with zero attached hydrogens (tertiary/aromatic N) is 3. The molecule has 0 spiro atoms. The molecule has 1 amide bonds. The molecule has 1 aromatic heterocycles. The molecule has 6 nitrogen and oxygen atoms in total. The summed E-state index contributed by atoms with van der Waals surface area (Å²) in [4.78, 5) is 32.2. The van der Waals surface area contributed by atoms with Crippen LogP contribution in [0.5, 0.6) is 0 Å². The van der Waals surface area contributed by atoms with Gasteiger partial charge < -0.3 is 14.2 Å². The van der Waals surface area contributed by atoms with Gasteiger partial charge in [-0.25, -0.2) is 4.98 Å². The van der Waals surface area contributed by atoms with Crippen molar-refractivity contribution in [1.82, 2.24) is 14.5 Å². The molecule has 166 valence electrons. The standard InChI is InChI=1S/C26H29N3O3/c1-2-32-25(31)26(15-13-21-7-4-3-5-8-21)14-6-17-28(19-26)24(30)22-9-11-23(12-10-22)29-18-16-27-20-29/h3-5,7-12,16,18,20H,2,6,13-15,17,19H2,1H3/t26-/m0/s1. The summed E-state index contributed by atoms with van der Waals surface area (Å²) in [6, 6.07) is 17.7. The van der Waals surface area contributed by atoms with Crippen LogP contribution in [0.3, 0.4) is 0 Å². The van der Waals surface area contributed by atoms with Gasteiger partial charge in [0.25, 0.3) is 5.91 Å². The summed E-state index contributed by atoms with van der Waals surface area (Å²) in [6.07, 6.45) is 8.27. The van der Waals surface area contributed by atoms with E-state index in [0.717, 1.165) is 24.9 Å². The number of ether oxygens (including phenoxy) is 1. The number of imidazole rings is 1. The molecule has 1 saturated heterocycles. The summed E-state index contributed by atoms with van der Waals surface area (Å²) < 4.78 is 7.37. The Morgan fingerprint density at radius 3 is 2.56 bits per heavy atom. The molecule has 2 aromatic carbocycles. The monoisotopic (exact) mass is 431 g/mol. The average molecular weight is 432 g/mol. The molecule has 1 aliphatic rings. The number of rotatable bonds is 7. The lowest BCUT2D eigenvalue weighted by Crippen LogP contribution is -2.50. The van der Waals surface area contributed by atoms with Crippen molar-refractivity contribution in [2.45, 2.75) is 32.6 Å². The number of piperidine rings is 1. The van der Waals surface area contributed by atoms with Crippen molar-refractivity contribution >= 4 is 11.9 Å². The lowest BCUT2D eigenvalue weighted by Gasteiger charge is -2.41. The Labute approximate surface area is 188 Å². The van der Waals surface area contributed by atoms with Crippen molar-refractivity contribution in [3.05, 3.63) is 84.4 Å². The number of carbonyl (C=O) groups excluding carboxylic acids is 2. The summed E-state index contributed by atoms with van der Waals surface area (Å²) in [7, 11) is 0. The largest absolute Gasteiger partial charge is 0.466 e. The van der Waals surface area contributed by atoms with Crippen LogP contribution in [0.4, 0.5) is 0 Å². The molecule has 0 N–H and O–H groups in total. The van der Waals surface area contributed by atoms with Gasteiger partial charge in [-0.2, -0.15) is 0 Å². The van der Waals surface area contributed by atoms with Gasteiger partial charge in [0, 0.05) is 36.7 Å². The van der Waals surface area contributed by atoms with Gasteiger partial charge >= 0.3 is 5.97 Å². The van der Waals surface area contributed by atoms with E-state index < -0.39 is 5.41 Å². The lowest BCUT2D eigenvalue weighted by molar-refractivity contribution is -0.159. The van der Waals surface area contributed by atoms with Crippen LogP contribution in [-0.4, -0.2) is 46.0 Å². The number of carbonyl (C=O) groups is 2. The van der Waals surface area contributed by atoms with Gasteiger partial charge in [0.15, 0.2) is 0 Å². The zero-order valence-electron chi connectivity index (χ0n) is 18.4. The minimum absolute atomic E-state index is 0.0461. The molecule has 0 unspecified atom stereocenters. The van der Waals surface area contributed by atoms with Crippen LogP contribution < -0.4 is 0 Å². The number of hydrogen-bond acceptors (Lipinski definition) is 4. The van der Waals surface area contributed by atoms with E-state index in [0.29, 0.717) is 31.7 Å². The molecule has 0 aliphatic carbocycles. The van der Waals surface area contributed by atoms with Crippen LogP contribution in [0, 0.1) is 5.41 Å². The molecule has 6 heteroatoms. The molecule has 2 heterocycles. The summed E-state index contributed by atoms with van der Waals surface area (Å²) in [5.74, 6) is -0.237. The van der Waals surface area contributed by atoms with E-state index in [2.05, 4.69) is 17.1 Å². The first-order chi connectivity index (χ1) is 15.6. The summed E-state index contributed by atoms with van der Waals surface area (Å²) >= 11 is 0. The fourth-order valence-electron chi connectivity index (χ4n) is 4.46. The molecule has 3 aromatic rings. The lowest BCUT2D eigenvalue weighted by atomic mass is 9.75. The highest BCUT2D eigenvalue weighted by Gasteiger charge is 2.44. The van der Waals surface area contributed by atoms with Crippen molar-refractivity contribution in [2.24, 2.45) is 5.41 Å². The van der Waals surface area contributed by atoms with E-state index in [-0.39, 0.29) is 11.9 Å². The van der Waals surface area contributed by atoms with E-state index >= 15 is 0 Å². The first-order valence-electron chi connectivity index (χ1n) is 11.2. The van der Waals surface area contributed by atoms with Crippen molar-refractivity contribution in [3.8, 4) is 5.69 Å². The topological polar surface area (TPSA) is 64.4 Å². The second-order valence-corrected chi connectivity index (χ2v) is 8.33. The first-order valence-corrected chi connectivity index (χ1v) is 11.2. The Kier molecular flexibility index (Phi) is 6.69. The molecular weight excluding hydrogens is 402 g/mol. The predicted octanol–water partition coefficient (Wildman–Crippen LogP) is 4.29. The maximum absolute atomic E-state index is 13.3. The molecule has 1 atom stereocenters. The fraction of sp³-hybridized carbons (Fsp3) is 0.346. The second kappa shape index (κ2) is 9.81. The third-order valence-corrected chi connectivity index (χ3v) is 6.22. The highest BCUT2D eigenvalue weighted by molar-refractivity contribution is 5.95.